The van der Waals surface area contributed by atoms with E-state index in [0.29, 0.717) is 5.69 Å². The number of amides is 1. The molecule has 0 fully saturated rings. The summed E-state index contributed by atoms with van der Waals surface area (Å²) in [7, 11) is 0. The highest BCUT2D eigenvalue weighted by Gasteiger charge is 2.11. The molecule has 0 atom stereocenters. The van der Waals surface area contributed by atoms with Crippen LogP contribution in [0.3, 0.4) is 0 Å². The Hall–Kier alpha value is -2.52. The number of H-pyrrole nitrogens is 1. The van der Waals surface area contributed by atoms with Gasteiger partial charge in [0.25, 0.3) is 0 Å². The van der Waals surface area contributed by atoms with E-state index < -0.39 is 5.91 Å². The molecule has 0 aliphatic rings. The zero-order valence-electron chi connectivity index (χ0n) is 9.14. The molecule has 5 heteroatoms. The number of aromatic nitrogens is 2. The maximum atomic E-state index is 11.5. The van der Waals surface area contributed by atoms with Crippen LogP contribution >= 0.6 is 0 Å². The van der Waals surface area contributed by atoms with E-state index in [1.165, 1.54) is 6.01 Å². The minimum atomic E-state index is -0.551. The van der Waals surface area contributed by atoms with Gasteiger partial charge in [0.1, 0.15) is 0 Å². The molecule has 1 amide bonds. The van der Waals surface area contributed by atoms with Crippen molar-refractivity contribution < 1.29 is 4.79 Å². The van der Waals surface area contributed by atoms with Gasteiger partial charge in [-0.2, -0.15) is 0 Å². The van der Waals surface area contributed by atoms with E-state index in [2.05, 4.69) is 15.0 Å². The lowest BCUT2D eigenvalue weighted by Gasteiger charge is -2.01. The van der Waals surface area contributed by atoms with E-state index in [-0.39, 0.29) is 0 Å². The molecule has 84 valence electrons. The fraction of sp³-hybridized carbons (Fsp3) is 0.0833. The van der Waals surface area contributed by atoms with E-state index in [4.69, 9.17) is 5.41 Å². The summed E-state index contributed by atoms with van der Waals surface area (Å²) in [5.41, 5.74) is 2.99. The molecule has 1 N–H and O–H groups in total. The Morgan fingerprint density at radius 1 is 1.47 bits per heavy atom. The first-order valence-electron chi connectivity index (χ1n) is 4.96. The van der Waals surface area contributed by atoms with Crippen LogP contribution in [0, 0.1) is 6.92 Å². The second kappa shape index (κ2) is 4.55. The van der Waals surface area contributed by atoms with Crippen molar-refractivity contribution in [3.8, 4) is 11.1 Å². The normalized spacial score (nSPS) is 9.71. The van der Waals surface area contributed by atoms with Crippen molar-refractivity contribution in [2.45, 2.75) is 6.92 Å². The lowest BCUT2D eigenvalue weighted by Crippen LogP contribution is -1.96. The van der Waals surface area contributed by atoms with Gasteiger partial charge in [-0.3, -0.25) is 9.78 Å². The molecule has 5 nitrogen and oxygen atoms in total. The van der Waals surface area contributed by atoms with Gasteiger partial charge < -0.3 is 15.4 Å². The first-order valence-corrected chi connectivity index (χ1v) is 4.96. The lowest BCUT2D eigenvalue weighted by atomic mass is 10.1. The number of carbonyl (C=O) groups is 1. The van der Waals surface area contributed by atoms with Crippen LogP contribution in [0.4, 0.5) is 0 Å². The highest BCUT2D eigenvalue weighted by Crippen LogP contribution is 2.25. The number of rotatable bonds is 2. The second-order valence-electron chi connectivity index (χ2n) is 3.46. The van der Waals surface area contributed by atoms with Crippen molar-refractivity contribution in [2.24, 2.45) is 4.99 Å². The van der Waals surface area contributed by atoms with Crippen LogP contribution in [-0.2, 0) is 0 Å². The van der Waals surface area contributed by atoms with Gasteiger partial charge in [-0.05, 0) is 30.2 Å². The van der Waals surface area contributed by atoms with Crippen LogP contribution in [0.1, 0.15) is 16.1 Å². The van der Waals surface area contributed by atoms with Crippen LogP contribution in [0.2, 0.25) is 0 Å². The second-order valence-corrected chi connectivity index (χ2v) is 3.46. The molecule has 0 saturated heterocycles. The van der Waals surface area contributed by atoms with Crippen molar-refractivity contribution in [1.29, 1.82) is 0 Å². The number of aromatic amines is 1. The molecule has 0 bridgehead atoms. The molecular weight excluding hydrogens is 216 g/mol. The van der Waals surface area contributed by atoms with E-state index >= 15 is 0 Å². The quantitative estimate of drug-likeness (QED) is 0.795. The monoisotopic (exact) mass is 225 g/mol. The van der Waals surface area contributed by atoms with Gasteiger partial charge >= 0.3 is 0 Å². The molecule has 2 rings (SSSR count). The van der Waals surface area contributed by atoms with E-state index in [1.54, 1.807) is 18.6 Å². The highest BCUT2D eigenvalue weighted by atomic mass is 16.1. The van der Waals surface area contributed by atoms with Gasteiger partial charge in [-0.1, -0.05) is 0 Å². The molecule has 0 aliphatic heterocycles. The topological polar surface area (TPSA) is 80.4 Å². The molecule has 0 unspecified atom stereocenters. The molecule has 0 aliphatic carbocycles. The summed E-state index contributed by atoms with van der Waals surface area (Å²) >= 11 is 0. The molecule has 0 spiro atoms. The Morgan fingerprint density at radius 3 is 2.82 bits per heavy atom. The largest absolute Gasteiger partial charge is 0.422 e. The SMILES string of the molecule is Cc1c(-c2ccncc2)c[nH]c1C(=O)N=C=[N-]. The Labute approximate surface area is 97.8 Å². The smallest absolute Gasteiger partial charge is 0.200 e. The molecule has 17 heavy (non-hydrogen) atoms. The fourth-order valence-corrected chi connectivity index (χ4v) is 1.65. The van der Waals surface area contributed by atoms with Crippen LogP contribution in [0.25, 0.3) is 16.5 Å². The van der Waals surface area contributed by atoms with Gasteiger partial charge in [0.05, 0.1) is 5.69 Å². The summed E-state index contributed by atoms with van der Waals surface area (Å²) in [5.74, 6) is -0.551. The fourth-order valence-electron chi connectivity index (χ4n) is 1.65. The first kappa shape index (κ1) is 11.0. The van der Waals surface area contributed by atoms with Crippen LogP contribution in [0.15, 0.2) is 35.7 Å². The first-order chi connectivity index (χ1) is 8.24. The molecule has 0 saturated carbocycles. The summed E-state index contributed by atoms with van der Waals surface area (Å²) in [6, 6.07) is 5.19. The van der Waals surface area contributed by atoms with Gasteiger partial charge in [-0.25, -0.2) is 0 Å². The average Bonchev–Trinajstić information content (AvgIpc) is 2.72. The van der Waals surface area contributed by atoms with Gasteiger partial charge in [0.15, 0.2) is 0 Å². The Kier molecular flexibility index (Phi) is 2.94. The van der Waals surface area contributed by atoms with Crippen LogP contribution in [0.5, 0.6) is 0 Å². The molecule has 2 aromatic rings. The number of aliphatic imine (C=N–C) groups is 1. The Bertz CT molecular complexity index is 594. The Balaban J connectivity index is 2.47. The summed E-state index contributed by atoms with van der Waals surface area (Å²) in [5, 5.41) is 8.35. The predicted octanol–water partition coefficient (Wildman–Crippen LogP) is 2.27. The van der Waals surface area contributed by atoms with Gasteiger partial charge in [-0.15, -0.1) is 6.01 Å². The predicted molar refractivity (Wildman–Crippen MR) is 63.9 cm³/mol. The standard InChI is InChI=1S/C12H9N4O/c1-8-10(9-2-4-14-5-3-9)6-15-11(8)12(17)16-7-13/h2-6,15H,1H3/q-1. The number of carbonyl (C=O) groups excluding carboxylic acids is 1. The number of hydrogen-bond acceptors (Lipinski definition) is 2. The maximum Gasteiger partial charge on any atom is 0.200 e. The summed E-state index contributed by atoms with van der Waals surface area (Å²) < 4.78 is 0. The molecule has 2 aromatic heterocycles. The van der Waals surface area contributed by atoms with Crippen LogP contribution < -0.4 is 0 Å². The summed E-state index contributed by atoms with van der Waals surface area (Å²) in [6.45, 7) is 1.81. The highest BCUT2D eigenvalue weighted by molar-refractivity contribution is 5.99. The molecule has 0 aromatic carbocycles. The van der Waals surface area contributed by atoms with Gasteiger partial charge in [0.2, 0.25) is 5.91 Å². The van der Waals surface area contributed by atoms with Crippen molar-refractivity contribution in [2.75, 3.05) is 0 Å². The zero-order valence-corrected chi connectivity index (χ0v) is 9.14. The number of hydrogen-bond donors (Lipinski definition) is 1. The minimum Gasteiger partial charge on any atom is -0.422 e. The average molecular weight is 225 g/mol. The number of pyridine rings is 1. The third-order valence-electron chi connectivity index (χ3n) is 2.50. The summed E-state index contributed by atoms with van der Waals surface area (Å²) in [6.07, 6.45) is 5.09. The third kappa shape index (κ3) is 2.04. The van der Waals surface area contributed by atoms with E-state index in [0.717, 1.165) is 16.7 Å². The third-order valence-corrected chi connectivity index (χ3v) is 2.50. The van der Waals surface area contributed by atoms with Crippen molar-refractivity contribution >= 4 is 11.9 Å². The van der Waals surface area contributed by atoms with Crippen LogP contribution in [-0.4, -0.2) is 21.9 Å². The van der Waals surface area contributed by atoms with Gasteiger partial charge in [0, 0.05) is 24.2 Å². The van der Waals surface area contributed by atoms with Crippen molar-refractivity contribution in [3.05, 3.63) is 47.4 Å². The molecule has 2 heterocycles. The van der Waals surface area contributed by atoms with Crippen molar-refractivity contribution in [3.63, 3.8) is 0 Å². The molecular formula is C12H9N4O-. The van der Waals surface area contributed by atoms with E-state index in [9.17, 15) is 4.79 Å². The minimum absolute atomic E-state index is 0.346. The van der Waals surface area contributed by atoms with E-state index in [1.807, 2.05) is 19.1 Å². The lowest BCUT2D eigenvalue weighted by molar-refractivity contribution is 0.0999. The molecule has 0 radical (unpaired) electrons. The summed E-state index contributed by atoms with van der Waals surface area (Å²) in [4.78, 5) is 21.4. The number of nitrogens with zero attached hydrogens (tertiary/aromatic N) is 3. The number of nitrogens with one attached hydrogen (secondary N) is 1. The van der Waals surface area contributed by atoms with Crippen molar-refractivity contribution in [1.82, 2.24) is 9.97 Å². The Morgan fingerprint density at radius 2 is 2.18 bits per heavy atom. The zero-order chi connectivity index (χ0) is 12.3. The maximum absolute atomic E-state index is 11.5.